The molecule has 0 amide bonds. The van der Waals surface area contributed by atoms with Gasteiger partial charge in [0.15, 0.2) is 5.78 Å². The first-order valence-corrected chi connectivity index (χ1v) is 5.28. The van der Waals surface area contributed by atoms with Gasteiger partial charge >= 0.3 is 0 Å². The summed E-state index contributed by atoms with van der Waals surface area (Å²) in [5, 5.41) is 9.59. The summed E-state index contributed by atoms with van der Waals surface area (Å²) in [6, 6.07) is 0. The molecule has 1 unspecified atom stereocenters. The number of rotatable bonds is 2. The minimum absolute atomic E-state index is 0.0174. The first-order valence-electron chi connectivity index (χ1n) is 5.28. The summed E-state index contributed by atoms with van der Waals surface area (Å²) in [6.45, 7) is 3.73. The zero-order chi connectivity index (χ0) is 10.6. The minimum Gasteiger partial charge on any atom is -0.388 e. The molecule has 1 fully saturated rings. The summed E-state index contributed by atoms with van der Waals surface area (Å²) in [5.41, 5.74) is 3.84. The lowest BCUT2D eigenvalue weighted by Gasteiger charge is -2.18. The van der Waals surface area contributed by atoms with Crippen molar-refractivity contribution in [3.05, 3.63) is 17.4 Å². The lowest BCUT2D eigenvalue weighted by molar-refractivity contribution is -0.117. The first-order chi connectivity index (χ1) is 6.61. The Hall–Kier alpha value is -0.850. The monoisotopic (exact) mass is 194 g/mol. The Kier molecular flexibility index (Phi) is 4.12. The van der Waals surface area contributed by atoms with Gasteiger partial charge in [0.1, 0.15) is 0 Å². The number of hydrogen-bond acceptors (Lipinski definition) is 2. The quantitative estimate of drug-likeness (QED) is 0.540. The maximum atomic E-state index is 11.3. The third-order valence-corrected chi connectivity index (χ3v) is 2.54. The van der Waals surface area contributed by atoms with Crippen LogP contribution in [0.25, 0.3) is 0 Å². The highest BCUT2D eigenvalue weighted by atomic mass is 16.3. The van der Waals surface area contributed by atoms with Crippen molar-refractivity contribution >= 4 is 5.78 Å². The molecule has 0 heterocycles. The molecule has 2 nitrogen and oxygen atoms in total. The molecule has 1 N–H and O–H groups in total. The molecule has 0 spiro atoms. The molecule has 1 saturated carbocycles. The Labute approximate surface area is 85.3 Å². The fourth-order valence-electron chi connectivity index (χ4n) is 1.49. The molecule has 0 aromatic carbocycles. The van der Waals surface area contributed by atoms with Crippen LogP contribution in [0.15, 0.2) is 17.4 Å². The van der Waals surface area contributed by atoms with E-state index in [1.165, 1.54) is 6.08 Å². The van der Waals surface area contributed by atoms with Gasteiger partial charge in [0, 0.05) is 17.6 Å². The average Bonchev–Trinajstić information content (AvgIpc) is 2.16. The number of carbonyl (C=O) groups is 1. The highest BCUT2D eigenvalue weighted by Crippen LogP contribution is 2.22. The third-order valence-electron chi connectivity index (χ3n) is 2.54. The van der Waals surface area contributed by atoms with Crippen molar-refractivity contribution in [1.82, 2.24) is 0 Å². The van der Waals surface area contributed by atoms with E-state index < -0.39 is 0 Å². The third kappa shape index (κ3) is 3.13. The summed E-state index contributed by atoms with van der Waals surface area (Å²) in [4.78, 5) is 11.3. The average molecular weight is 194 g/mol. The van der Waals surface area contributed by atoms with Crippen LogP contribution in [-0.2, 0) is 4.79 Å². The van der Waals surface area contributed by atoms with Gasteiger partial charge in [-0.3, -0.25) is 4.79 Å². The van der Waals surface area contributed by atoms with Crippen molar-refractivity contribution < 1.29 is 9.90 Å². The second-order valence-corrected chi connectivity index (χ2v) is 4.13. The van der Waals surface area contributed by atoms with Crippen molar-refractivity contribution in [1.29, 1.82) is 0 Å². The standard InChI is InChI=1S/C12H18O2/c1-9(2)11(13)8-7-10-5-3-4-6-12(10)14/h8-9,12,14H,3-6H2,1-2H3. The smallest absolute Gasteiger partial charge is 0.165 e. The maximum absolute atomic E-state index is 11.3. The van der Waals surface area contributed by atoms with Crippen LogP contribution < -0.4 is 0 Å². The van der Waals surface area contributed by atoms with E-state index >= 15 is 0 Å². The Morgan fingerprint density at radius 1 is 1.57 bits per heavy atom. The van der Waals surface area contributed by atoms with Crippen LogP contribution in [0.4, 0.5) is 0 Å². The van der Waals surface area contributed by atoms with E-state index in [1.54, 1.807) is 0 Å². The predicted molar refractivity (Wildman–Crippen MR) is 55.9 cm³/mol. The molecular formula is C12H18O2. The van der Waals surface area contributed by atoms with Gasteiger partial charge in [0.2, 0.25) is 0 Å². The maximum Gasteiger partial charge on any atom is 0.165 e. The van der Waals surface area contributed by atoms with E-state index in [2.05, 4.69) is 5.73 Å². The Balaban J connectivity index is 2.70. The second-order valence-electron chi connectivity index (χ2n) is 4.13. The summed E-state index contributed by atoms with van der Waals surface area (Å²) in [5.74, 6) is 0.0964. The zero-order valence-electron chi connectivity index (χ0n) is 8.92. The molecule has 0 aromatic rings. The fraction of sp³-hybridized carbons (Fsp3) is 0.667. The fourth-order valence-corrected chi connectivity index (χ4v) is 1.49. The molecule has 1 atom stereocenters. The molecule has 1 aliphatic carbocycles. The van der Waals surface area contributed by atoms with Gasteiger partial charge < -0.3 is 5.11 Å². The molecule has 2 heteroatoms. The summed E-state index contributed by atoms with van der Waals surface area (Å²) in [7, 11) is 0. The predicted octanol–water partition coefficient (Wildman–Crippen LogP) is 2.23. The van der Waals surface area contributed by atoms with Crippen molar-refractivity contribution in [3.63, 3.8) is 0 Å². The highest BCUT2D eigenvalue weighted by molar-refractivity contribution is 5.91. The second kappa shape index (κ2) is 5.14. The topological polar surface area (TPSA) is 37.3 Å². The first kappa shape index (κ1) is 11.2. The van der Waals surface area contributed by atoms with Gasteiger partial charge in [-0.25, -0.2) is 0 Å². The number of aliphatic hydroxyl groups excluding tert-OH is 1. The van der Waals surface area contributed by atoms with Crippen LogP contribution in [0, 0.1) is 5.92 Å². The highest BCUT2D eigenvalue weighted by Gasteiger charge is 2.15. The molecule has 0 aromatic heterocycles. The Bertz CT molecular complexity index is 270. The molecule has 1 rings (SSSR count). The number of ketones is 1. The molecule has 0 radical (unpaired) electrons. The number of hydrogen-bond donors (Lipinski definition) is 1. The van der Waals surface area contributed by atoms with Crippen molar-refractivity contribution in [2.75, 3.05) is 0 Å². The van der Waals surface area contributed by atoms with E-state index in [9.17, 15) is 9.90 Å². The van der Waals surface area contributed by atoms with Crippen LogP contribution >= 0.6 is 0 Å². The summed E-state index contributed by atoms with van der Waals surface area (Å²) in [6.07, 6.45) is 4.97. The van der Waals surface area contributed by atoms with E-state index in [1.807, 2.05) is 13.8 Å². The van der Waals surface area contributed by atoms with Crippen LogP contribution in [0.2, 0.25) is 0 Å². The minimum atomic E-state index is -0.375. The lowest BCUT2D eigenvalue weighted by Crippen LogP contribution is -2.14. The summed E-state index contributed by atoms with van der Waals surface area (Å²) >= 11 is 0. The lowest BCUT2D eigenvalue weighted by atomic mass is 9.92. The van der Waals surface area contributed by atoms with E-state index in [4.69, 9.17) is 0 Å². The number of aliphatic hydroxyl groups is 1. The molecular weight excluding hydrogens is 176 g/mol. The van der Waals surface area contributed by atoms with Gasteiger partial charge in [0.25, 0.3) is 0 Å². The van der Waals surface area contributed by atoms with Crippen LogP contribution in [0.3, 0.4) is 0 Å². The van der Waals surface area contributed by atoms with Crippen molar-refractivity contribution in [2.24, 2.45) is 5.92 Å². The van der Waals surface area contributed by atoms with Gasteiger partial charge in [-0.2, -0.15) is 0 Å². The van der Waals surface area contributed by atoms with E-state index in [0.717, 1.165) is 31.3 Å². The molecule has 1 aliphatic rings. The van der Waals surface area contributed by atoms with Gasteiger partial charge in [-0.1, -0.05) is 20.3 Å². The van der Waals surface area contributed by atoms with Crippen LogP contribution in [0.5, 0.6) is 0 Å². The van der Waals surface area contributed by atoms with Crippen molar-refractivity contribution in [2.45, 2.75) is 45.6 Å². The summed E-state index contributed by atoms with van der Waals surface area (Å²) < 4.78 is 0. The molecule has 0 saturated heterocycles. The van der Waals surface area contributed by atoms with E-state index in [-0.39, 0.29) is 17.8 Å². The molecule has 0 bridgehead atoms. The van der Waals surface area contributed by atoms with Gasteiger partial charge in [-0.15, -0.1) is 5.73 Å². The molecule has 78 valence electrons. The zero-order valence-corrected chi connectivity index (χ0v) is 8.92. The van der Waals surface area contributed by atoms with Gasteiger partial charge in [0.05, 0.1) is 6.10 Å². The van der Waals surface area contributed by atoms with Crippen LogP contribution in [-0.4, -0.2) is 17.0 Å². The molecule has 0 aliphatic heterocycles. The Morgan fingerprint density at radius 3 is 2.86 bits per heavy atom. The van der Waals surface area contributed by atoms with Gasteiger partial charge in [-0.05, 0) is 19.3 Å². The number of carbonyl (C=O) groups excluding carboxylic acids is 1. The molecule has 14 heavy (non-hydrogen) atoms. The SMILES string of the molecule is CC(C)C(=O)C=C=C1CCCCC1O. The normalized spacial score (nSPS) is 22.0. The van der Waals surface area contributed by atoms with E-state index in [0.29, 0.717) is 0 Å². The Morgan fingerprint density at radius 2 is 2.29 bits per heavy atom. The van der Waals surface area contributed by atoms with Crippen LogP contribution in [0.1, 0.15) is 39.5 Å². The van der Waals surface area contributed by atoms with Crippen molar-refractivity contribution in [3.8, 4) is 0 Å². The largest absolute Gasteiger partial charge is 0.388 e.